The molecule has 1 saturated heterocycles. The molecule has 18 heavy (non-hydrogen) atoms. The third-order valence-electron chi connectivity index (χ3n) is 3.35. The van der Waals surface area contributed by atoms with Crippen molar-refractivity contribution >= 4 is 11.6 Å². The van der Waals surface area contributed by atoms with E-state index in [-0.39, 0.29) is 17.6 Å². The number of rotatable bonds is 3. The summed E-state index contributed by atoms with van der Waals surface area (Å²) in [6.07, 6.45) is 1.94. The Morgan fingerprint density at radius 2 is 2.39 bits per heavy atom. The molecule has 1 amide bonds. The number of carbonyl (C=O) groups excluding carboxylic acids is 1. The van der Waals surface area contributed by atoms with Gasteiger partial charge in [0.15, 0.2) is 0 Å². The van der Waals surface area contributed by atoms with Crippen LogP contribution in [0.25, 0.3) is 0 Å². The Balaban J connectivity index is 2.14. The topological polar surface area (TPSA) is 32.3 Å². The van der Waals surface area contributed by atoms with Crippen molar-refractivity contribution in [2.45, 2.75) is 19.8 Å². The summed E-state index contributed by atoms with van der Waals surface area (Å²) >= 11 is 0. The number of hydrogen-bond acceptors (Lipinski definition) is 2. The van der Waals surface area contributed by atoms with Crippen LogP contribution >= 0.6 is 0 Å². The second kappa shape index (κ2) is 5.96. The van der Waals surface area contributed by atoms with Crippen LogP contribution in [0.5, 0.6) is 0 Å². The lowest BCUT2D eigenvalue weighted by Gasteiger charge is -2.29. The first-order valence-electron chi connectivity index (χ1n) is 6.50. The van der Waals surface area contributed by atoms with Gasteiger partial charge in [0, 0.05) is 18.8 Å². The minimum Gasteiger partial charge on any atom is -0.316 e. The molecule has 1 fully saturated rings. The van der Waals surface area contributed by atoms with Gasteiger partial charge in [-0.15, -0.1) is 0 Å². The van der Waals surface area contributed by atoms with Crippen LogP contribution in [0.4, 0.5) is 10.1 Å². The molecule has 1 atom stereocenters. The van der Waals surface area contributed by atoms with Crippen LogP contribution in [0.2, 0.25) is 0 Å². The van der Waals surface area contributed by atoms with E-state index in [0.717, 1.165) is 25.9 Å². The number of nitrogens with zero attached hydrogens (tertiary/aromatic N) is 1. The maximum absolute atomic E-state index is 13.2. The number of benzene rings is 1. The molecule has 1 aromatic rings. The number of hydrogen-bond donors (Lipinski definition) is 1. The molecule has 2 rings (SSSR count). The SMILES string of the molecule is CCN(C(=O)[C@@H]1CCCNC1)c1cccc(F)c1. The molecule has 3 nitrogen and oxygen atoms in total. The molecule has 98 valence electrons. The van der Waals surface area contributed by atoms with E-state index in [1.807, 2.05) is 6.92 Å². The van der Waals surface area contributed by atoms with Gasteiger partial charge < -0.3 is 10.2 Å². The van der Waals surface area contributed by atoms with Crippen molar-refractivity contribution < 1.29 is 9.18 Å². The maximum atomic E-state index is 13.2. The lowest BCUT2D eigenvalue weighted by atomic mass is 9.98. The largest absolute Gasteiger partial charge is 0.316 e. The third kappa shape index (κ3) is 2.88. The van der Waals surface area contributed by atoms with Crippen molar-refractivity contribution in [3.63, 3.8) is 0 Å². The van der Waals surface area contributed by atoms with Crippen LogP contribution in [-0.4, -0.2) is 25.5 Å². The van der Waals surface area contributed by atoms with E-state index in [1.54, 1.807) is 17.0 Å². The molecule has 0 aliphatic carbocycles. The van der Waals surface area contributed by atoms with E-state index in [1.165, 1.54) is 12.1 Å². The summed E-state index contributed by atoms with van der Waals surface area (Å²) in [5.41, 5.74) is 0.646. The van der Waals surface area contributed by atoms with E-state index in [9.17, 15) is 9.18 Å². The lowest BCUT2D eigenvalue weighted by molar-refractivity contribution is -0.122. The maximum Gasteiger partial charge on any atom is 0.231 e. The molecule has 0 radical (unpaired) electrons. The van der Waals surface area contributed by atoms with Crippen molar-refractivity contribution in [1.82, 2.24) is 5.32 Å². The fourth-order valence-corrected chi connectivity index (χ4v) is 2.39. The highest BCUT2D eigenvalue weighted by atomic mass is 19.1. The Bertz CT molecular complexity index is 416. The van der Waals surface area contributed by atoms with E-state index >= 15 is 0 Å². The quantitative estimate of drug-likeness (QED) is 0.891. The van der Waals surface area contributed by atoms with Gasteiger partial charge in [0.25, 0.3) is 0 Å². The number of carbonyl (C=O) groups is 1. The molecule has 1 aromatic carbocycles. The van der Waals surface area contributed by atoms with Crippen LogP contribution in [-0.2, 0) is 4.79 Å². The second-order valence-electron chi connectivity index (χ2n) is 4.61. The van der Waals surface area contributed by atoms with Gasteiger partial charge in [0.1, 0.15) is 5.82 Å². The Hall–Kier alpha value is -1.42. The number of anilines is 1. The van der Waals surface area contributed by atoms with E-state index in [2.05, 4.69) is 5.32 Å². The van der Waals surface area contributed by atoms with Crippen molar-refractivity contribution in [2.75, 3.05) is 24.5 Å². The monoisotopic (exact) mass is 250 g/mol. The molecule has 1 heterocycles. The molecule has 0 bridgehead atoms. The molecule has 1 aliphatic rings. The highest BCUT2D eigenvalue weighted by Crippen LogP contribution is 2.20. The van der Waals surface area contributed by atoms with Crippen LogP contribution in [0.1, 0.15) is 19.8 Å². The Labute approximate surface area is 107 Å². The second-order valence-corrected chi connectivity index (χ2v) is 4.61. The van der Waals surface area contributed by atoms with Crippen molar-refractivity contribution in [3.05, 3.63) is 30.1 Å². The van der Waals surface area contributed by atoms with Gasteiger partial charge in [-0.05, 0) is 44.5 Å². The lowest BCUT2D eigenvalue weighted by Crippen LogP contribution is -2.43. The van der Waals surface area contributed by atoms with Gasteiger partial charge in [-0.1, -0.05) is 6.07 Å². The van der Waals surface area contributed by atoms with Gasteiger partial charge in [0.2, 0.25) is 5.91 Å². The van der Waals surface area contributed by atoms with Crippen LogP contribution < -0.4 is 10.2 Å². The van der Waals surface area contributed by atoms with Gasteiger partial charge in [-0.25, -0.2) is 4.39 Å². The minimum absolute atomic E-state index is 0.0157. The number of amides is 1. The number of piperidine rings is 1. The van der Waals surface area contributed by atoms with Gasteiger partial charge in [-0.3, -0.25) is 4.79 Å². The molecule has 0 saturated carbocycles. The summed E-state index contributed by atoms with van der Waals surface area (Å²) in [7, 11) is 0. The van der Waals surface area contributed by atoms with Gasteiger partial charge in [-0.2, -0.15) is 0 Å². The standard InChI is InChI=1S/C14H19FN2O/c1-2-17(13-7-3-6-12(15)9-13)14(18)11-5-4-8-16-10-11/h3,6-7,9,11,16H,2,4-5,8,10H2,1H3/t11-/m1/s1. The van der Waals surface area contributed by atoms with Crippen molar-refractivity contribution in [3.8, 4) is 0 Å². The minimum atomic E-state index is -0.305. The molecule has 0 unspecified atom stereocenters. The fourth-order valence-electron chi connectivity index (χ4n) is 2.39. The zero-order valence-corrected chi connectivity index (χ0v) is 10.7. The molecule has 0 spiro atoms. The van der Waals surface area contributed by atoms with E-state index in [0.29, 0.717) is 12.2 Å². The Morgan fingerprint density at radius 3 is 3.00 bits per heavy atom. The first-order valence-corrected chi connectivity index (χ1v) is 6.50. The Kier molecular flexibility index (Phi) is 4.31. The normalized spacial score (nSPS) is 19.6. The average molecular weight is 250 g/mol. The number of halogens is 1. The van der Waals surface area contributed by atoms with Crippen molar-refractivity contribution in [1.29, 1.82) is 0 Å². The van der Waals surface area contributed by atoms with E-state index < -0.39 is 0 Å². The van der Waals surface area contributed by atoms with Crippen LogP contribution in [0.15, 0.2) is 24.3 Å². The first-order chi connectivity index (χ1) is 8.72. The summed E-state index contributed by atoms with van der Waals surface area (Å²) in [6, 6.07) is 6.22. The molecular formula is C14H19FN2O. The number of nitrogens with one attached hydrogen (secondary N) is 1. The van der Waals surface area contributed by atoms with Crippen LogP contribution in [0.3, 0.4) is 0 Å². The van der Waals surface area contributed by atoms with Gasteiger partial charge in [0.05, 0.1) is 5.92 Å². The molecule has 1 N–H and O–H groups in total. The third-order valence-corrected chi connectivity index (χ3v) is 3.35. The fraction of sp³-hybridized carbons (Fsp3) is 0.500. The average Bonchev–Trinajstić information content (AvgIpc) is 2.40. The zero-order chi connectivity index (χ0) is 13.0. The smallest absolute Gasteiger partial charge is 0.231 e. The molecule has 4 heteroatoms. The summed E-state index contributed by atoms with van der Waals surface area (Å²) in [5, 5.41) is 3.24. The van der Waals surface area contributed by atoms with E-state index in [4.69, 9.17) is 0 Å². The Morgan fingerprint density at radius 1 is 1.56 bits per heavy atom. The predicted octanol–water partition coefficient (Wildman–Crippen LogP) is 2.18. The van der Waals surface area contributed by atoms with Gasteiger partial charge >= 0.3 is 0 Å². The summed E-state index contributed by atoms with van der Waals surface area (Å²) in [4.78, 5) is 14.1. The molecule has 1 aliphatic heterocycles. The summed E-state index contributed by atoms with van der Waals surface area (Å²) in [6.45, 7) is 4.19. The summed E-state index contributed by atoms with van der Waals surface area (Å²) < 4.78 is 13.2. The first kappa shape index (κ1) is 13.0. The summed E-state index contributed by atoms with van der Waals surface area (Å²) in [5.74, 6) is -0.196. The van der Waals surface area contributed by atoms with Crippen molar-refractivity contribution in [2.24, 2.45) is 5.92 Å². The van der Waals surface area contributed by atoms with Crippen LogP contribution in [0, 0.1) is 11.7 Å². The zero-order valence-electron chi connectivity index (χ0n) is 10.7. The highest BCUT2D eigenvalue weighted by Gasteiger charge is 2.26. The predicted molar refractivity (Wildman–Crippen MR) is 70.0 cm³/mol. The molecular weight excluding hydrogens is 231 g/mol. The highest BCUT2D eigenvalue weighted by molar-refractivity contribution is 5.95. The molecule has 0 aromatic heterocycles.